The van der Waals surface area contributed by atoms with E-state index in [2.05, 4.69) is 39.3 Å². The lowest BCUT2D eigenvalue weighted by Crippen LogP contribution is -1.93. The number of nitrogens with zero attached hydrogens (tertiary/aromatic N) is 1. The summed E-state index contributed by atoms with van der Waals surface area (Å²) in [5.74, 6) is 0.763. The molecule has 0 unspecified atom stereocenters. The minimum atomic E-state index is 0.763. The van der Waals surface area contributed by atoms with Gasteiger partial charge in [0.25, 0.3) is 0 Å². The monoisotopic (exact) mass is 262 g/mol. The summed E-state index contributed by atoms with van der Waals surface area (Å²) in [6.07, 6.45) is 0. The Balaban J connectivity index is 1.82. The van der Waals surface area contributed by atoms with E-state index in [9.17, 15) is 0 Å². The number of anilines is 2. The zero-order chi connectivity index (χ0) is 13.5. The van der Waals surface area contributed by atoms with Gasteiger partial charge in [0.05, 0.1) is 16.7 Å². The zero-order valence-corrected chi connectivity index (χ0v) is 11.1. The molecule has 0 amide bonds. The number of imidazole rings is 1. The lowest BCUT2D eigenvalue weighted by atomic mass is 10.2. The third-order valence-electron chi connectivity index (χ3n) is 3.53. The van der Waals surface area contributed by atoms with Crippen molar-refractivity contribution in [3.8, 4) is 0 Å². The van der Waals surface area contributed by atoms with Gasteiger partial charge >= 0.3 is 0 Å². The van der Waals surface area contributed by atoms with Crippen molar-refractivity contribution in [2.75, 3.05) is 5.32 Å². The summed E-state index contributed by atoms with van der Waals surface area (Å²) < 4.78 is 0. The van der Waals surface area contributed by atoms with Crippen molar-refractivity contribution >= 4 is 33.6 Å². The van der Waals surface area contributed by atoms with Crippen molar-refractivity contribution in [3.63, 3.8) is 0 Å². The normalized spacial score (nSPS) is 11.2. The van der Waals surface area contributed by atoms with Gasteiger partial charge in [-0.1, -0.05) is 30.3 Å². The number of benzene rings is 2. The van der Waals surface area contributed by atoms with Gasteiger partial charge in [-0.15, -0.1) is 0 Å². The molecule has 2 heterocycles. The van der Waals surface area contributed by atoms with Crippen molar-refractivity contribution in [1.82, 2.24) is 15.0 Å². The summed E-state index contributed by atoms with van der Waals surface area (Å²) in [4.78, 5) is 11.2. The Morgan fingerprint density at radius 1 is 0.900 bits per heavy atom. The van der Waals surface area contributed by atoms with E-state index >= 15 is 0 Å². The zero-order valence-electron chi connectivity index (χ0n) is 11.1. The fourth-order valence-electron chi connectivity index (χ4n) is 2.57. The van der Waals surface area contributed by atoms with Crippen LogP contribution in [-0.4, -0.2) is 15.0 Å². The van der Waals surface area contributed by atoms with Crippen LogP contribution in [-0.2, 0) is 0 Å². The molecule has 0 saturated carbocycles. The van der Waals surface area contributed by atoms with Gasteiger partial charge in [0.15, 0.2) is 0 Å². The number of aromatic amines is 2. The van der Waals surface area contributed by atoms with Gasteiger partial charge < -0.3 is 15.3 Å². The number of para-hydroxylation sites is 3. The molecule has 0 fully saturated rings. The van der Waals surface area contributed by atoms with Crippen LogP contribution >= 0.6 is 0 Å². The number of hydrogen-bond donors (Lipinski definition) is 3. The van der Waals surface area contributed by atoms with Crippen molar-refractivity contribution in [2.24, 2.45) is 0 Å². The van der Waals surface area contributed by atoms with E-state index in [1.165, 1.54) is 5.39 Å². The molecule has 3 N–H and O–H groups in total. The molecule has 2 aromatic heterocycles. The van der Waals surface area contributed by atoms with Gasteiger partial charge in [-0.25, -0.2) is 4.98 Å². The van der Waals surface area contributed by atoms with Crippen molar-refractivity contribution in [1.29, 1.82) is 0 Å². The molecule has 0 atom stereocenters. The maximum Gasteiger partial charge on any atom is 0.205 e. The number of H-pyrrole nitrogens is 2. The molecule has 0 aliphatic carbocycles. The first kappa shape index (κ1) is 11.1. The number of rotatable bonds is 2. The molecule has 0 bridgehead atoms. The molecular weight excluding hydrogens is 248 g/mol. The second-order valence-electron chi connectivity index (χ2n) is 4.90. The highest BCUT2D eigenvalue weighted by atomic mass is 15.1. The summed E-state index contributed by atoms with van der Waals surface area (Å²) in [5, 5.41) is 4.56. The maximum absolute atomic E-state index is 4.55. The van der Waals surface area contributed by atoms with Crippen LogP contribution in [0.5, 0.6) is 0 Å². The van der Waals surface area contributed by atoms with E-state index in [1.807, 2.05) is 36.4 Å². The van der Waals surface area contributed by atoms with E-state index < -0.39 is 0 Å². The summed E-state index contributed by atoms with van der Waals surface area (Å²) in [5.41, 5.74) is 5.30. The Kier molecular flexibility index (Phi) is 2.29. The molecular formula is C16H14N4. The number of aromatic nitrogens is 3. The molecule has 0 spiro atoms. The van der Waals surface area contributed by atoms with Gasteiger partial charge in [-0.3, -0.25) is 0 Å². The molecule has 2 aromatic carbocycles. The standard InChI is InChI=1S/C16H14N4/c1-10-15(11-6-2-3-7-12(11)17-10)20-16-18-13-8-4-5-9-14(13)19-16/h2-9,17H,1H3,(H2,18,19,20). The Morgan fingerprint density at radius 3 is 2.50 bits per heavy atom. The molecule has 4 rings (SSSR count). The second kappa shape index (κ2) is 4.13. The number of aryl methyl sites for hydroxylation is 1. The predicted molar refractivity (Wildman–Crippen MR) is 82.4 cm³/mol. The minimum Gasteiger partial charge on any atom is -0.357 e. The highest BCUT2D eigenvalue weighted by Crippen LogP contribution is 2.29. The first-order valence-electron chi connectivity index (χ1n) is 6.60. The lowest BCUT2D eigenvalue weighted by molar-refractivity contribution is 1.26. The predicted octanol–water partition coefficient (Wildman–Crippen LogP) is 4.10. The summed E-state index contributed by atoms with van der Waals surface area (Å²) in [6, 6.07) is 16.3. The van der Waals surface area contributed by atoms with E-state index in [1.54, 1.807) is 0 Å². The molecule has 0 saturated heterocycles. The van der Waals surface area contributed by atoms with Crippen LogP contribution in [0.3, 0.4) is 0 Å². The van der Waals surface area contributed by atoms with Gasteiger partial charge in [0.1, 0.15) is 0 Å². The van der Waals surface area contributed by atoms with Gasteiger partial charge in [-0.2, -0.15) is 0 Å². The highest BCUT2D eigenvalue weighted by molar-refractivity contribution is 5.96. The molecule has 20 heavy (non-hydrogen) atoms. The quantitative estimate of drug-likeness (QED) is 0.509. The minimum absolute atomic E-state index is 0.763. The fourth-order valence-corrected chi connectivity index (χ4v) is 2.57. The van der Waals surface area contributed by atoms with Crippen LogP contribution in [0.25, 0.3) is 21.9 Å². The average Bonchev–Trinajstić information content (AvgIpc) is 3.00. The van der Waals surface area contributed by atoms with Crippen LogP contribution < -0.4 is 5.32 Å². The Labute approximate surface area is 115 Å². The van der Waals surface area contributed by atoms with Gasteiger partial charge in [-0.05, 0) is 25.1 Å². The number of fused-ring (bicyclic) bond motifs is 2. The van der Waals surface area contributed by atoms with Crippen LogP contribution in [0, 0.1) is 6.92 Å². The molecule has 0 aliphatic rings. The maximum atomic E-state index is 4.55. The number of hydrogen-bond acceptors (Lipinski definition) is 2. The van der Waals surface area contributed by atoms with E-state index in [0.717, 1.165) is 33.9 Å². The Bertz CT molecular complexity index is 868. The number of nitrogens with one attached hydrogen (secondary N) is 3. The third kappa shape index (κ3) is 1.66. The van der Waals surface area contributed by atoms with Gasteiger partial charge in [0, 0.05) is 16.6 Å². The summed E-state index contributed by atoms with van der Waals surface area (Å²) in [7, 11) is 0. The van der Waals surface area contributed by atoms with E-state index in [4.69, 9.17) is 0 Å². The molecule has 98 valence electrons. The van der Waals surface area contributed by atoms with E-state index in [0.29, 0.717) is 0 Å². The van der Waals surface area contributed by atoms with Crippen LogP contribution in [0.15, 0.2) is 48.5 Å². The lowest BCUT2D eigenvalue weighted by Gasteiger charge is -2.02. The molecule has 4 heteroatoms. The molecule has 0 radical (unpaired) electrons. The Hall–Kier alpha value is -2.75. The smallest absolute Gasteiger partial charge is 0.205 e. The Morgan fingerprint density at radius 2 is 1.65 bits per heavy atom. The van der Waals surface area contributed by atoms with Crippen LogP contribution in [0.1, 0.15) is 5.69 Å². The second-order valence-corrected chi connectivity index (χ2v) is 4.90. The highest BCUT2D eigenvalue weighted by Gasteiger charge is 2.09. The van der Waals surface area contributed by atoms with Gasteiger partial charge in [0.2, 0.25) is 5.95 Å². The summed E-state index contributed by atoms with van der Waals surface area (Å²) >= 11 is 0. The molecule has 0 aliphatic heterocycles. The topological polar surface area (TPSA) is 56.5 Å². The fraction of sp³-hybridized carbons (Fsp3) is 0.0625. The molecule has 4 aromatic rings. The SMILES string of the molecule is Cc1[nH]c2ccccc2c1Nc1nc2ccccc2[nH]1. The first-order valence-corrected chi connectivity index (χ1v) is 6.60. The summed E-state index contributed by atoms with van der Waals surface area (Å²) in [6.45, 7) is 2.06. The van der Waals surface area contributed by atoms with E-state index in [-0.39, 0.29) is 0 Å². The largest absolute Gasteiger partial charge is 0.357 e. The van der Waals surface area contributed by atoms with Crippen molar-refractivity contribution in [3.05, 3.63) is 54.2 Å². The molecule has 4 nitrogen and oxygen atoms in total. The van der Waals surface area contributed by atoms with Crippen molar-refractivity contribution < 1.29 is 0 Å². The van der Waals surface area contributed by atoms with Crippen LogP contribution in [0.2, 0.25) is 0 Å². The van der Waals surface area contributed by atoms with Crippen LogP contribution in [0.4, 0.5) is 11.6 Å². The van der Waals surface area contributed by atoms with Crippen molar-refractivity contribution in [2.45, 2.75) is 6.92 Å². The average molecular weight is 262 g/mol. The first-order chi connectivity index (χ1) is 9.81. The third-order valence-corrected chi connectivity index (χ3v) is 3.53.